The predicted molar refractivity (Wildman–Crippen MR) is 76.5 cm³/mol. The van der Waals surface area contributed by atoms with Crippen molar-refractivity contribution in [2.24, 2.45) is 0 Å². The van der Waals surface area contributed by atoms with Gasteiger partial charge in [-0.1, -0.05) is 0 Å². The van der Waals surface area contributed by atoms with Crippen LogP contribution in [0.5, 0.6) is 0 Å². The Morgan fingerprint density at radius 2 is 2.10 bits per heavy atom. The van der Waals surface area contributed by atoms with E-state index in [9.17, 15) is 14.5 Å². The van der Waals surface area contributed by atoms with Crippen LogP contribution in [0.2, 0.25) is 0 Å². The number of hydrogen-bond acceptors (Lipinski definition) is 4. The number of furan rings is 1. The molecule has 112 valence electrons. The molecule has 0 amide bonds. The van der Waals surface area contributed by atoms with E-state index in [1.807, 2.05) is 26.8 Å². The topological polar surface area (TPSA) is 68.3 Å². The van der Waals surface area contributed by atoms with Gasteiger partial charge in [-0.15, -0.1) is 0 Å². The molecule has 1 heterocycles. The van der Waals surface area contributed by atoms with Crippen LogP contribution in [0, 0.1) is 29.8 Å². The Morgan fingerprint density at radius 3 is 2.67 bits per heavy atom. The summed E-state index contributed by atoms with van der Waals surface area (Å²) in [6.45, 7) is 5.87. The summed E-state index contributed by atoms with van der Waals surface area (Å²) in [5.41, 5.74) is 1.23. The number of nitro groups is 1. The second kappa shape index (κ2) is 6.05. The minimum atomic E-state index is -0.506. The van der Waals surface area contributed by atoms with E-state index in [1.165, 1.54) is 12.1 Å². The second-order valence-corrected chi connectivity index (χ2v) is 5.00. The minimum Gasteiger partial charge on any atom is -0.466 e. The van der Waals surface area contributed by atoms with Gasteiger partial charge in [-0.2, -0.15) is 0 Å². The fourth-order valence-electron chi connectivity index (χ4n) is 2.33. The molecule has 0 saturated heterocycles. The lowest BCUT2D eigenvalue weighted by Crippen LogP contribution is -2.19. The molecule has 1 aromatic carbocycles. The van der Waals surface area contributed by atoms with E-state index in [0.29, 0.717) is 5.56 Å². The monoisotopic (exact) mass is 292 g/mol. The number of aryl methyl sites for hydroxylation is 2. The van der Waals surface area contributed by atoms with Gasteiger partial charge in [-0.3, -0.25) is 10.1 Å². The zero-order valence-corrected chi connectivity index (χ0v) is 12.1. The summed E-state index contributed by atoms with van der Waals surface area (Å²) in [5, 5.41) is 14.1. The molecule has 0 aliphatic carbocycles. The Bertz CT molecular complexity index is 667. The Kier molecular flexibility index (Phi) is 4.37. The molecule has 0 bridgehead atoms. The molecule has 1 N–H and O–H groups in total. The highest BCUT2D eigenvalue weighted by atomic mass is 19.1. The summed E-state index contributed by atoms with van der Waals surface area (Å²) in [5.74, 6) is 1.13. The maximum Gasteiger partial charge on any atom is 0.274 e. The smallest absolute Gasteiger partial charge is 0.274 e. The molecule has 0 aliphatic heterocycles. The fourth-order valence-corrected chi connectivity index (χ4v) is 2.33. The Hall–Kier alpha value is -2.21. The quantitative estimate of drug-likeness (QED) is 0.672. The van der Waals surface area contributed by atoms with Crippen LogP contribution in [0.4, 0.5) is 10.1 Å². The highest BCUT2D eigenvalue weighted by Crippen LogP contribution is 2.23. The molecule has 1 aromatic heterocycles. The first-order chi connectivity index (χ1) is 9.88. The fraction of sp³-hybridized carbons (Fsp3) is 0.333. The van der Waals surface area contributed by atoms with Gasteiger partial charge in [0.2, 0.25) is 0 Å². The number of nitrogens with one attached hydrogen (secondary N) is 1. The molecule has 21 heavy (non-hydrogen) atoms. The van der Waals surface area contributed by atoms with E-state index < -0.39 is 10.7 Å². The van der Waals surface area contributed by atoms with E-state index >= 15 is 0 Å². The standard InChI is InChI=1S/C15H17FN2O3/c1-9-6-14(11(3)21-9)10(2)17-8-12-7-13(16)4-5-15(12)18(19)20/h4-7,10,17H,8H2,1-3H3. The number of benzene rings is 1. The average molecular weight is 292 g/mol. The van der Waals surface area contributed by atoms with E-state index in [1.54, 1.807) is 0 Å². The molecule has 2 aromatic rings. The Morgan fingerprint density at radius 1 is 1.38 bits per heavy atom. The average Bonchev–Trinajstić information content (AvgIpc) is 2.74. The van der Waals surface area contributed by atoms with Crippen molar-refractivity contribution in [3.8, 4) is 0 Å². The van der Waals surface area contributed by atoms with Gasteiger partial charge >= 0.3 is 0 Å². The first kappa shape index (κ1) is 15.2. The second-order valence-electron chi connectivity index (χ2n) is 5.00. The molecular formula is C15H17FN2O3. The van der Waals surface area contributed by atoms with Crippen molar-refractivity contribution in [3.05, 3.63) is 62.8 Å². The normalized spacial score (nSPS) is 12.4. The number of nitro benzene ring substituents is 1. The van der Waals surface area contributed by atoms with Crippen LogP contribution in [0.3, 0.4) is 0 Å². The number of rotatable bonds is 5. The van der Waals surface area contributed by atoms with E-state index in [2.05, 4.69) is 5.32 Å². The SMILES string of the molecule is Cc1cc(C(C)NCc2cc(F)ccc2[N+](=O)[O-])c(C)o1. The third-order valence-electron chi connectivity index (χ3n) is 3.38. The molecule has 5 nitrogen and oxygen atoms in total. The van der Waals surface area contributed by atoms with Crippen LogP contribution in [0.25, 0.3) is 0 Å². The molecular weight excluding hydrogens is 275 g/mol. The number of hydrogen-bond donors (Lipinski definition) is 1. The maximum atomic E-state index is 13.3. The summed E-state index contributed by atoms with van der Waals surface area (Å²) in [4.78, 5) is 10.4. The van der Waals surface area contributed by atoms with Crippen molar-refractivity contribution >= 4 is 5.69 Å². The summed E-state index contributed by atoms with van der Waals surface area (Å²) < 4.78 is 18.7. The third kappa shape index (κ3) is 3.46. The van der Waals surface area contributed by atoms with Crippen molar-refractivity contribution < 1.29 is 13.7 Å². The number of nitrogens with zero attached hydrogens (tertiary/aromatic N) is 1. The van der Waals surface area contributed by atoms with Crippen LogP contribution < -0.4 is 5.32 Å². The maximum absolute atomic E-state index is 13.3. The van der Waals surface area contributed by atoms with Gasteiger partial charge in [-0.25, -0.2) is 4.39 Å². The van der Waals surface area contributed by atoms with Gasteiger partial charge in [0.1, 0.15) is 17.3 Å². The third-order valence-corrected chi connectivity index (χ3v) is 3.38. The molecule has 2 rings (SSSR count). The molecule has 0 aliphatic rings. The molecule has 1 unspecified atom stereocenters. The Balaban J connectivity index is 2.14. The highest BCUT2D eigenvalue weighted by molar-refractivity contribution is 5.40. The largest absolute Gasteiger partial charge is 0.466 e. The first-order valence-electron chi connectivity index (χ1n) is 6.61. The van der Waals surface area contributed by atoms with Crippen LogP contribution in [0.1, 0.15) is 35.6 Å². The van der Waals surface area contributed by atoms with Crippen LogP contribution in [0.15, 0.2) is 28.7 Å². The van der Waals surface area contributed by atoms with Crippen molar-refractivity contribution in [2.45, 2.75) is 33.4 Å². The zero-order chi connectivity index (χ0) is 15.6. The van der Waals surface area contributed by atoms with E-state index in [0.717, 1.165) is 23.2 Å². The van der Waals surface area contributed by atoms with Gasteiger partial charge in [0.05, 0.1) is 4.92 Å². The Labute approximate surface area is 121 Å². The minimum absolute atomic E-state index is 0.0506. The van der Waals surface area contributed by atoms with Crippen LogP contribution >= 0.6 is 0 Å². The van der Waals surface area contributed by atoms with Crippen LogP contribution in [-0.4, -0.2) is 4.92 Å². The molecule has 0 radical (unpaired) electrons. The lowest BCUT2D eigenvalue weighted by molar-refractivity contribution is -0.385. The highest BCUT2D eigenvalue weighted by Gasteiger charge is 2.17. The summed E-state index contributed by atoms with van der Waals surface area (Å²) >= 11 is 0. The summed E-state index contributed by atoms with van der Waals surface area (Å²) in [6, 6.07) is 5.34. The van der Waals surface area contributed by atoms with E-state index in [-0.39, 0.29) is 18.3 Å². The predicted octanol–water partition coefficient (Wildman–Crippen LogP) is 3.79. The lowest BCUT2D eigenvalue weighted by atomic mass is 10.1. The van der Waals surface area contributed by atoms with Gasteiger partial charge < -0.3 is 9.73 Å². The first-order valence-corrected chi connectivity index (χ1v) is 6.61. The summed E-state index contributed by atoms with van der Waals surface area (Å²) in [6.07, 6.45) is 0. The van der Waals surface area contributed by atoms with Crippen molar-refractivity contribution in [2.75, 3.05) is 0 Å². The van der Waals surface area contributed by atoms with Crippen molar-refractivity contribution in [3.63, 3.8) is 0 Å². The van der Waals surface area contributed by atoms with Gasteiger partial charge in [0.25, 0.3) is 5.69 Å². The molecule has 0 fully saturated rings. The van der Waals surface area contributed by atoms with Crippen molar-refractivity contribution in [1.29, 1.82) is 0 Å². The molecule has 0 saturated carbocycles. The van der Waals surface area contributed by atoms with Gasteiger partial charge in [0, 0.05) is 29.8 Å². The summed E-state index contributed by atoms with van der Waals surface area (Å²) in [7, 11) is 0. The number of halogens is 1. The molecule has 0 spiro atoms. The molecule has 6 heteroatoms. The zero-order valence-electron chi connectivity index (χ0n) is 12.1. The van der Waals surface area contributed by atoms with Gasteiger partial charge in [0.15, 0.2) is 0 Å². The molecule has 1 atom stereocenters. The van der Waals surface area contributed by atoms with Crippen molar-refractivity contribution in [1.82, 2.24) is 5.32 Å². The lowest BCUT2D eigenvalue weighted by Gasteiger charge is -2.13. The van der Waals surface area contributed by atoms with E-state index in [4.69, 9.17) is 4.42 Å². The van der Waals surface area contributed by atoms with Gasteiger partial charge in [-0.05, 0) is 39.0 Å². The van der Waals surface area contributed by atoms with Crippen LogP contribution in [-0.2, 0) is 6.54 Å².